The summed E-state index contributed by atoms with van der Waals surface area (Å²) < 4.78 is 3.72. The Balaban J connectivity index is 1.74. The van der Waals surface area contributed by atoms with Crippen LogP contribution in [0.25, 0.3) is 22.2 Å². The van der Waals surface area contributed by atoms with Crippen LogP contribution in [0, 0.1) is 11.8 Å². The van der Waals surface area contributed by atoms with Gasteiger partial charge in [-0.05, 0) is 37.5 Å². The number of benzene rings is 1. The fourth-order valence-corrected chi connectivity index (χ4v) is 4.73. The van der Waals surface area contributed by atoms with Crippen LogP contribution in [0.15, 0.2) is 40.2 Å². The highest BCUT2D eigenvalue weighted by Gasteiger charge is 2.27. The molecule has 4 aromatic rings. The van der Waals surface area contributed by atoms with E-state index in [1.54, 1.807) is 42.1 Å². The molecule has 1 fully saturated rings. The third-order valence-corrected chi connectivity index (χ3v) is 6.42. The highest BCUT2D eigenvalue weighted by atomic mass is 16.4. The molecule has 5 rings (SSSR count). The molecule has 1 atom stereocenters. The normalized spacial score (nSPS) is 15.6. The van der Waals surface area contributed by atoms with Crippen LogP contribution in [0.2, 0.25) is 0 Å². The average molecular weight is 503 g/mol. The molecule has 0 aliphatic carbocycles. The van der Waals surface area contributed by atoms with Gasteiger partial charge in [-0.3, -0.25) is 33.3 Å². The van der Waals surface area contributed by atoms with Crippen LogP contribution in [-0.2, 0) is 24.4 Å². The molecule has 0 saturated carbocycles. The summed E-state index contributed by atoms with van der Waals surface area (Å²) >= 11 is 0. The Hall–Kier alpha value is -4.50. The van der Waals surface area contributed by atoms with Crippen molar-refractivity contribution in [3.8, 4) is 11.8 Å². The number of piperidine rings is 1. The average Bonchev–Trinajstić information content (AvgIpc) is 3.27. The number of carbonyl (C=O) groups is 1. The van der Waals surface area contributed by atoms with Crippen molar-refractivity contribution < 1.29 is 9.90 Å². The van der Waals surface area contributed by atoms with Gasteiger partial charge in [0.25, 0.3) is 5.56 Å². The first-order chi connectivity index (χ1) is 17.9. The highest BCUT2D eigenvalue weighted by molar-refractivity contribution is 5.77. The highest BCUT2D eigenvalue weighted by Crippen LogP contribution is 2.23. The minimum atomic E-state index is -1.22. The van der Waals surface area contributed by atoms with Gasteiger partial charge in [0.1, 0.15) is 6.54 Å². The van der Waals surface area contributed by atoms with Gasteiger partial charge < -0.3 is 15.7 Å². The van der Waals surface area contributed by atoms with Gasteiger partial charge in [-0.25, -0.2) is 4.79 Å². The number of aliphatic carboxylic acids is 1. The molecular formula is C25H26N8O4. The molecule has 0 radical (unpaired) electrons. The maximum atomic E-state index is 13.8. The second-order valence-corrected chi connectivity index (χ2v) is 8.98. The summed E-state index contributed by atoms with van der Waals surface area (Å²) in [5.41, 5.74) is 6.95. The maximum Gasteiger partial charge on any atom is 0.333 e. The minimum absolute atomic E-state index is 0.0186. The van der Waals surface area contributed by atoms with Gasteiger partial charge in [-0.1, -0.05) is 12.0 Å². The maximum absolute atomic E-state index is 13.8. The van der Waals surface area contributed by atoms with E-state index >= 15 is 0 Å². The molecule has 12 heteroatoms. The zero-order valence-electron chi connectivity index (χ0n) is 20.3. The van der Waals surface area contributed by atoms with Crippen LogP contribution in [0.4, 0.5) is 5.95 Å². The number of fused-ring (bicyclic) bond motifs is 2. The van der Waals surface area contributed by atoms with Crippen molar-refractivity contribution in [3.05, 3.63) is 57.0 Å². The van der Waals surface area contributed by atoms with Crippen molar-refractivity contribution >= 4 is 34.1 Å². The van der Waals surface area contributed by atoms with E-state index in [4.69, 9.17) is 5.73 Å². The standard InChI is InChI=1S/C25H26N8O4/c1-2-3-11-31-21-22(29-24(31)30-10-4-5-17(26)14-30)32(15-20(34)35)25(37)33(23(21)36)13-16-6-7-18-19(12-16)28-9-8-27-18/h6-9,12,17H,4-5,10-11,13-15,26H2,1H3,(H,34,35). The molecular weight excluding hydrogens is 476 g/mol. The Kier molecular flexibility index (Phi) is 6.45. The third kappa shape index (κ3) is 4.56. The van der Waals surface area contributed by atoms with Crippen molar-refractivity contribution in [1.82, 2.24) is 28.7 Å². The number of rotatable bonds is 6. The van der Waals surface area contributed by atoms with Gasteiger partial charge in [0.15, 0.2) is 11.2 Å². The lowest BCUT2D eigenvalue weighted by atomic mass is 10.1. The van der Waals surface area contributed by atoms with E-state index in [0.717, 1.165) is 22.0 Å². The topological polar surface area (TPSA) is 154 Å². The molecule has 190 valence electrons. The second-order valence-electron chi connectivity index (χ2n) is 8.98. The summed E-state index contributed by atoms with van der Waals surface area (Å²) in [5, 5.41) is 9.57. The largest absolute Gasteiger partial charge is 0.480 e. The zero-order valence-corrected chi connectivity index (χ0v) is 20.3. The van der Waals surface area contributed by atoms with Crippen molar-refractivity contribution in [3.63, 3.8) is 0 Å². The molecule has 1 saturated heterocycles. The van der Waals surface area contributed by atoms with Crippen LogP contribution < -0.4 is 21.9 Å². The molecule has 0 amide bonds. The molecule has 4 heterocycles. The molecule has 3 N–H and O–H groups in total. The van der Waals surface area contributed by atoms with E-state index in [1.807, 2.05) is 4.90 Å². The minimum Gasteiger partial charge on any atom is -0.480 e. The lowest BCUT2D eigenvalue weighted by molar-refractivity contribution is -0.137. The Morgan fingerprint density at radius 2 is 1.95 bits per heavy atom. The number of carboxylic acids is 1. The van der Waals surface area contributed by atoms with Crippen molar-refractivity contribution in [2.24, 2.45) is 5.73 Å². The van der Waals surface area contributed by atoms with Crippen LogP contribution in [0.3, 0.4) is 0 Å². The Morgan fingerprint density at radius 3 is 2.68 bits per heavy atom. The quantitative estimate of drug-likeness (QED) is 0.356. The molecule has 12 nitrogen and oxygen atoms in total. The van der Waals surface area contributed by atoms with Gasteiger partial charge in [-0.2, -0.15) is 4.98 Å². The fraction of sp³-hybridized carbons (Fsp3) is 0.360. The second kappa shape index (κ2) is 9.87. The van der Waals surface area contributed by atoms with Crippen molar-refractivity contribution in [2.75, 3.05) is 18.0 Å². The van der Waals surface area contributed by atoms with Gasteiger partial charge in [0.2, 0.25) is 5.95 Å². The summed E-state index contributed by atoms with van der Waals surface area (Å²) in [4.78, 5) is 54.2. The monoisotopic (exact) mass is 502 g/mol. The van der Waals surface area contributed by atoms with Gasteiger partial charge in [-0.15, -0.1) is 5.92 Å². The van der Waals surface area contributed by atoms with E-state index < -0.39 is 23.8 Å². The molecule has 0 spiro atoms. The van der Waals surface area contributed by atoms with E-state index in [9.17, 15) is 19.5 Å². The zero-order chi connectivity index (χ0) is 26.1. The summed E-state index contributed by atoms with van der Waals surface area (Å²) in [6, 6.07) is 5.21. The van der Waals surface area contributed by atoms with Crippen LogP contribution in [0.5, 0.6) is 0 Å². The van der Waals surface area contributed by atoms with Crippen LogP contribution in [0.1, 0.15) is 25.3 Å². The smallest absolute Gasteiger partial charge is 0.333 e. The number of hydrogen-bond donors (Lipinski definition) is 2. The molecule has 37 heavy (non-hydrogen) atoms. The molecule has 1 aromatic carbocycles. The molecule has 0 bridgehead atoms. The first-order valence-corrected chi connectivity index (χ1v) is 11.9. The summed E-state index contributed by atoms with van der Waals surface area (Å²) in [6.07, 6.45) is 4.86. The van der Waals surface area contributed by atoms with Crippen LogP contribution >= 0.6 is 0 Å². The lowest BCUT2D eigenvalue weighted by Crippen LogP contribution is -2.44. The summed E-state index contributed by atoms with van der Waals surface area (Å²) in [7, 11) is 0. The van der Waals surface area contributed by atoms with Crippen molar-refractivity contribution in [1.29, 1.82) is 0 Å². The molecule has 1 unspecified atom stereocenters. The summed E-state index contributed by atoms with van der Waals surface area (Å²) in [6.45, 7) is 2.32. The van der Waals surface area contributed by atoms with Gasteiger partial charge >= 0.3 is 11.7 Å². The first-order valence-electron chi connectivity index (χ1n) is 11.9. The van der Waals surface area contributed by atoms with E-state index in [2.05, 4.69) is 26.8 Å². The first kappa shape index (κ1) is 24.2. The number of anilines is 1. The molecule has 3 aromatic heterocycles. The number of hydrogen-bond acceptors (Lipinski definition) is 8. The third-order valence-electron chi connectivity index (χ3n) is 6.42. The van der Waals surface area contributed by atoms with E-state index in [-0.39, 0.29) is 30.3 Å². The number of imidazole rings is 1. The number of nitrogens with two attached hydrogens (primary N) is 1. The van der Waals surface area contributed by atoms with Crippen LogP contribution in [-0.4, -0.2) is 58.9 Å². The van der Waals surface area contributed by atoms with E-state index in [0.29, 0.717) is 35.6 Å². The molecule has 1 aliphatic rings. The van der Waals surface area contributed by atoms with E-state index in [1.165, 1.54) is 0 Å². The molecule has 1 aliphatic heterocycles. The van der Waals surface area contributed by atoms with Gasteiger partial charge in [0.05, 0.1) is 24.1 Å². The predicted octanol–water partition coefficient (Wildman–Crippen LogP) is 0.387. The van der Waals surface area contributed by atoms with Crippen molar-refractivity contribution in [2.45, 2.75) is 45.4 Å². The Bertz CT molecular complexity index is 1690. The Morgan fingerprint density at radius 1 is 1.16 bits per heavy atom. The number of nitrogens with zero attached hydrogens (tertiary/aromatic N) is 7. The SMILES string of the molecule is CC#CCn1c(N2CCCC(N)C2)nc2c1c(=O)n(Cc1ccc3nccnc3c1)c(=O)n2CC(=O)O. The van der Waals surface area contributed by atoms with Gasteiger partial charge in [0, 0.05) is 31.5 Å². The number of aromatic nitrogens is 6. The summed E-state index contributed by atoms with van der Waals surface area (Å²) in [5.74, 6) is 5.03. The fourth-order valence-electron chi connectivity index (χ4n) is 4.73. The Labute approximate surface area is 211 Å². The number of carboxylic acid groups (broad SMARTS) is 1. The lowest BCUT2D eigenvalue weighted by Gasteiger charge is -2.31. The predicted molar refractivity (Wildman–Crippen MR) is 137 cm³/mol.